The van der Waals surface area contributed by atoms with Gasteiger partial charge in [-0.2, -0.15) is 0 Å². The molecule has 1 rings (SSSR count). The van der Waals surface area contributed by atoms with Crippen molar-refractivity contribution in [3.63, 3.8) is 0 Å². The number of ketones is 1. The lowest BCUT2D eigenvalue weighted by molar-refractivity contribution is -0.128. The summed E-state index contributed by atoms with van der Waals surface area (Å²) in [5.41, 5.74) is 2.18. The normalized spacial score (nSPS) is 10.6. The number of aromatic nitrogens is 1. The highest BCUT2D eigenvalue weighted by atomic mass is 16.5. The number of amides is 1. The van der Waals surface area contributed by atoms with E-state index in [0.29, 0.717) is 48.6 Å². The third-order valence-corrected chi connectivity index (χ3v) is 4.30. The Hall–Kier alpha value is -2.15. The van der Waals surface area contributed by atoms with Gasteiger partial charge in [-0.3, -0.25) is 9.59 Å². The molecule has 0 aliphatic carbocycles. The fourth-order valence-corrected chi connectivity index (χ4v) is 3.06. The standard InChI is InChI=1S/C18H28N2O5/c1-7-20-13(3)16(12(2)17(20)18(23)25-6)15(22)11-19(14(4)21)9-8-10-24-5/h7-11H2,1-6H3. The topological polar surface area (TPSA) is 77.8 Å². The van der Waals surface area contributed by atoms with Crippen molar-refractivity contribution in [1.29, 1.82) is 0 Å². The minimum atomic E-state index is -0.468. The van der Waals surface area contributed by atoms with Crippen molar-refractivity contribution in [2.75, 3.05) is 33.9 Å². The van der Waals surface area contributed by atoms with Gasteiger partial charge in [0.15, 0.2) is 5.78 Å². The van der Waals surface area contributed by atoms with Crippen LogP contribution in [0.4, 0.5) is 0 Å². The average Bonchev–Trinajstić information content (AvgIpc) is 2.83. The monoisotopic (exact) mass is 352 g/mol. The molecule has 25 heavy (non-hydrogen) atoms. The van der Waals surface area contributed by atoms with Crippen molar-refractivity contribution in [2.24, 2.45) is 0 Å². The van der Waals surface area contributed by atoms with Crippen LogP contribution in [0.5, 0.6) is 0 Å². The molecule has 1 heterocycles. The van der Waals surface area contributed by atoms with Gasteiger partial charge in [-0.25, -0.2) is 4.79 Å². The zero-order valence-corrected chi connectivity index (χ0v) is 16.0. The SMILES string of the molecule is CCn1c(C)c(C(=O)CN(CCCOC)C(C)=O)c(C)c1C(=O)OC. The number of nitrogens with zero attached hydrogens (tertiary/aromatic N) is 2. The van der Waals surface area contributed by atoms with Crippen molar-refractivity contribution in [1.82, 2.24) is 9.47 Å². The van der Waals surface area contributed by atoms with Gasteiger partial charge in [0, 0.05) is 45.0 Å². The summed E-state index contributed by atoms with van der Waals surface area (Å²) in [6, 6.07) is 0. The Morgan fingerprint density at radius 3 is 2.28 bits per heavy atom. The number of methoxy groups -OCH3 is 2. The van der Waals surface area contributed by atoms with Gasteiger partial charge in [0.05, 0.1) is 13.7 Å². The van der Waals surface area contributed by atoms with Crippen LogP contribution in [0.25, 0.3) is 0 Å². The van der Waals surface area contributed by atoms with Gasteiger partial charge >= 0.3 is 5.97 Å². The fraction of sp³-hybridized carbons (Fsp3) is 0.611. The summed E-state index contributed by atoms with van der Waals surface area (Å²) in [4.78, 5) is 38.2. The second-order valence-electron chi connectivity index (χ2n) is 5.88. The van der Waals surface area contributed by atoms with Crippen molar-refractivity contribution in [3.8, 4) is 0 Å². The van der Waals surface area contributed by atoms with Crippen LogP contribution in [-0.4, -0.2) is 61.0 Å². The van der Waals surface area contributed by atoms with E-state index >= 15 is 0 Å². The van der Waals surface area contributed by atoms with Gasteiger partial charge in [0.25, 0.3) is 0 Å². The molecule has 7 nitrogen and oxygen atoms in total. The number of carbonyl (C=O) groups is 3. The molecule has 0 fully saturated rings. The van der Waals surface area contributed by atoms with E-state index in [-0.39, 0.29) is 18.2 Å². The number of hydrogen-bond donors (Lipinski definition) is 0. The van der Waals surface area contributed by atoms with E-state index in [4.69, 9.17) is 9.47 Å². The highest BCUT2D eigenvalue weighted by molar-refractivity contribution is 6.04. The van der Waals surface area contributed by atoms with E-state index in [1.54, 1.807) is 25.5 Å². The fourth-order valence-electron chi connectivity index (χ4n) is 3.06. The predicted octanol–water partition coefficient (Wildman–Crippen LogP) is 1.98. The van der Waals surface area contributed by atoms with Gasteiger partial charge in [0.2, 0.25) is 5.91 Å². The first-order chi connectivity index (χ1) is 11.8. The first kappa shape index (κ1) is 20.9. The third kappa shape index (κ3) is 4.69. The lowest BCUT2D eigenvalue weighted by Gasteiger charge is -2.20. The van der Waals surface area contributed by atoms with Gasteiger partial charge in [-0.15, -0.1) is 0 Å². The largest absolute Gasteiger partial charge is 0.464 e. The summed E-state index contributed by atoms with van der Waals surface area (Å²) >= 11 is 0. The van der Waals surface area contributed by atoms with Crippen molar-refractivity contribution in [2.45, 2.75) is 40.7 Å². The summed E-state index contributed by atoms with van der Waals surface area (Å²) < 4.78 is 11.6. The molecule has 0 aliphatic heterocycles. The summed E-state index contributed by atoms with van der Waals surface area (Å²) in [6.07, 6.45) is 0.657. The first-order valence-corrected chi connectivity index (χ1v) is 8.35. The van der Waals surface area contributed by atoms with Crippen molar-refractivity contribution in [3.05, 3.63) is 22.5 Å². The van der Waals surface area contributed by atoms with E-state index in [1.165, 1.54) is 18.9 Å². The van der Waals surface area contributed by atoms with E-state index < -0.39 is 5.97 Å². The molecule has 0 bridgehead atoms. The van der Waals surface area contributed by atoms with Crippen LogP contribution >= 0.6 is 0 Å². The molecule has 0 saturated carbocycles. The van der Waals surface area contributed by atoms with Crippen LogP contribution in [0.15, 0.2) is 0 Å². The van der Waals surface area contributed by atoms with E-state index in [9.17, 15) is 14.4 Å². The molecular weight excluding hydrogens is 324 g/mol. The summed E-state index contributed by atoms with van der Waals surface area (Å²) in [5.74, 6) is -0.812. The lowest BCUT2D eigenvalue weighted by atomic mass is 10.1. The van der Waals surface area contributed by atoms with Gasteiger partial charge in [-0.05, 0) is 32.8 Å². The smallest absolute Gasteiger partial charge is 0.354 e. The second-order valence-corrected chi connectivity index (χ2v) is 5.88. The van der Waals surface area contributed by atoms with Crippen molar-refractivity contribution < 1.29 is 23.9 Å². The minimum absolute atomic E-state index is 0.0188. The predicted molar refractivity (Wildman–Crippen MR) is 94.0 cm³/mol. The lowest BCUT2D eigenvalue weighted by Crippen LogP contribution is -2.35. The number of ether oxygens (including phenoxy) is 2. The second kappa shape index (κ2) is 9.36. The van der Waals surface area contributed by atoms with Crippen LogP contribution in [0, 0.1) is 13.8 Å². The first-order valence-electron chi connectivity index (χ1n) is 8.35. The Balaban J connectivity index is 3.14. The molecule has 0 radical (unpaired) electrons. The molecule has 0 aliphatic rings. The number of rotatable bonds is 9. The van der Waals surface area contributed by atoms with Gasteiger partial charge < -0.3 is 18.9 Å². The Kier molecular flexibility index (Phi) is 7.83. The van der Waals surface area contributed by atoms with E-state index in [0.717, 1.165) is 0 Å². The number of Topliss-reactive ketones (excluding diaryl/α,β-unsaturated/α-hetero) is 1. The van der Waals surface area contributed by atoms with Crippen LogP contribution in [-0.2, 0) is 20.8 Å². The molecule has 0 saturated heterocycles. The molecule has 140 valence electrons. The summed E-state index contributed by atoms with van der Waals surface area (Å²) in [7, 11) is 2.91. The van der Waals surface area contributed by atoms with E-state index in [1.807, 2.05) is 6.92 Å². The Labute approximate surface area is 148 Å². The Morgan fingerprint density at radius 1 is 1.16 bits per heavy atom. The Bertz CT molecular complexity index is 648. The molecule has 0 spiro atoms. The average molecular weight is 352 g/mol. The molecular formula is C18H28N2O5. The quantitative estimate of drug-likeness (QED) is 0.386. The van der Waals surface area contributed by atoms with Crippen molar-refractivity contribution >= 4 is 17.7 Å². The maximum absolute atomic E-state index is 12.8. The van der Waals surface area contributed by atoms with Gasteiger partial charge in [-0.1, -0.05) is 0 Å². The zero-order valence-electron chi connectivity index (χ0n) is 16.0. The van der Waals surface area contributed by atoms with Crippen LogP contribution in [0.2, 0.25) is 0 Å². The highest BCUT2D eigenvalue weighted by Crippen LogP contribution is 2.24. The molecule has 0 N–H and O–H groups in total. The highest BCUT2D eigenvalue weighted by Gasteiger charge is 2.27. The van der Waals surface area contributed by atoms with Gasteiger partial charge in [0.1, 0.15) is 5.69 Å². The zero-order chi connectivity index (χ0) is 19.1. The maximum atomic E-state index is 12.8. The number of hydrogen-bond acceptors (Lipinski definition) is 5. The number of esters is 1. The molecule has 0 aromatic carbocycles. The molecule has 1 aromatic rings. The van der Waals surface area contributed by atoms with E-state index in [2.05, 4.69) is 0 Å². The molecule has 1 aromatic heterocycles. The molecule has 0 unspecified atom stereocenters. The minimum Gasteiger partial charge on any atom is -0.464 e. The van der Waals surface area contributed by atoms with Crippen LogP contribution in [0.3, 0.4) is 0 Å². The maximum Gasteiger partial charge on any atom is 0.354 e. The third-order valence-electron chi connectivity index (χ3n) is 4.30. The Morgan fingerprint density at radius 2 is 1.80 bits per heavy atom. The van der Waals surface area contributed by atoms with Crippen LogP contribution < -0.4 is 0 Å². The number of carbonyl (C=O) groups excluding carboxylic acids is 3. The summed E-state index contributed by atoms with van der Waals surface area (Å²) in [5, 5.41) is 0. The molecule has 0 atom stereocenters. The molecule has 1 amide bonds. The summed E-state index contributed by atoms with van der Waals surface area (Å²) in [6.45, 7) is 8.39. The van der Waals surface area contributed by atoms with Crippen LogP contribution in [0.1, 0.15) is 52.4 Å². The molecule has 7 heteroatoms.